The fourth-order valence-corrected chi connectivity index (χ4v) is 3.38. The first-order valence-corrected chi connectivity index (χ1v) is 8.56. The Kier molecular flexibility index (Phi) is 4.42. The SMILES string of the molecule is CCCCC1=C(CCCC)C(=O)C2=Cc3ccccc3C2=C1. The molecule has 0 aliphatic heterocycles. The highest BCUT2D eigenvalue weighted by molar-refractivity contribution is 6.26. The Morgan fingerprint density at radius 1 is 0.864 bits per heavy atom. The number of unbranched alkanes of at least 4 members (excludes halogenated alkanes) is 2. The van der Waals surface area contributed by atoms with Gasteiger partial charge < -0.3 is 0 Å². The van der Waals surface area contributed by atoms with Crippen molar-refractivity contribution < 1.29 is 4.79 Å². The summed E-state index contributed by atoms with van der Waals surface area (Å²) < 4.78 is 0. The van der Waals surface area contributed by atoms with Crippen molar-refractivity contribution in [3.63, 3.8) is 0 Å². The standard InChI is InChI=1S/C21H24O/c1-3-5-9-16-13-19-17-12-8-7-10-15(17)14-20(19)21(22)18(16)11-6-4-2/h7-8,10,12-14H,3-6,9,11H2,1-2H3. The third kappa shape index (κ3) is 2.61. The molecule has 1 nitrogen and oxygen atoms in total. The first kappa shape index (κ1) is 15.0. The van der Waals surface area contributed by atoms with E-state index in [-0.39, 0.29) is 5.78 Å². The van der Waals surface area contributed by atoms with Crippen molar-refractivity contribution in [2.24, 2.45) is 0 Å². The summed E-state index contributed by atoms with van der Waals surface area (Å²) in [4.78, 5) is 13.0. The van der Waals surface area contributed by atoms with Gasteiger partial charge in [0.2, 0.25) is 0 Å². The van der Waals surface area contributed by atoms with Gasteiger partial charge in [0.05, 0.1) is 0 Å². The Balaban J connectivity index is 2.03. The molecule has 114 valence electrons. The molecule has 1 heteroatoms. The van der Waals surface area contributed by atoms with Gasteiger partial charge in [-0.3, -0.25) is 4.79 Å². The number of carbonyl (C=O) groups excluding carboxylic acids is 1. The average molecular weight is 292 g/mol. The zero-order valence-electron chi connectivity index (χ0n) is 13.6. The van der Waals surface area contributed by atoms with Gasteiger partial charge in [-0.2, -0.15) is 0 Å². The highest BCUT2D eigenvalue weighted by Crippen LogP contribution is 2.42. The van der Waals surface area contributed by atoms with E-state index in [0.29, 0.717) is 0 Å². The number of ketones is 1. The zero-order chi connectivity index (χ0) is 15.5. The molecule has 0 N–H and O–H groups in total. The van der Waals surface area contributed by atoms with Crippen LogP contribution in [-0.4, -0.2) is 5.78 Å². The van der Waals surface area contributed by atoms with Crippen molar-refractivity contribution in [2.75, 3.05) is 0 Å². The van der Waals surface area contributed by atoms with E-state index in [1.807, 2.05) is 6.07 Å². The minimum atomic E-state index is 0.272. The van der Waals surface area contributed by atoms with Crippen LogP contribution in [0.5, 0.6) is 0 Å². The molecule has 0 saturated heterocycles. The fraction of sp³-hybridized carbons (Fsp3) is 0.381. The fourth-order valence-electron chi connectivity index (χ4n) is 3.38. The maximum absolute atomic E-state index is 13.0. The molecular weight excluding hydrogens is 268 g/mol. The third-order valence-electron chi connectivity index (χ3n) is 4.65. The van der Waals surface area contributed by atoms with E-state index in [0.717, 1.165) is 48.8 Å². The number of carbonyl (C=O) groups is 1. The number of Topliss-reactive ketones (excluding diaryl/α,β-unsaturated/α-hetero) is 1. The van der Waals surface area contributed by atoms with Crippen LogP contribution in [0, 0.1) is 0 Å². The van der Waals surface area contributed by atoms with Gasteiger partial charge in [0.25, 0.3) is 0 Å². The molecule has 3 rings (SSSR count). The van der Waals surface area contributed by atoms with Crippen LogP contribution < -0.4 is 0 Å². The largest absolute Gasteiger partial charge is 0.289 e. The molecule has 0 bridgehead atoms. The molecule has 0 heterocycles. The number of hydrogen-bond donors (Lipinski definition) is 0. The number of allylic oxidation sites excluding steroid dienone is 5. The molecule has 0 aromatic heterocycles. The molecule has 0 saturated carbocycles. The molecule has 2 aliphatic carbocycles. The van der Waals surface area contributed by atoms with Crippen molar-refractivity contribution in [3.05, 3.63) is 58.2 Å². The molecule has 0 fully saturated rings. The lowest BCUT2D eigenvalue weighted by molar-refractivity contribution is -0.112. The third-order valence-corrected chi connectivity index (χ3v) is 4.65. The molecule has 0 spiro atoms. The van der Waals surface area contributed by atoms with E-state index in [1.54, 1.807) is 0 Å². The molecule has 0 radical (unpaired) electrons. The minimum Gasteiger partial charge on any atom is -0.289 e. The average Bonchev–Trinajstić information content (AvgIpc) is 2.91. The van der Waals surface area contributed by atoms with Crippen LogP contribution in [0.4, 0.5) is 0 Å². The summed E-state index contributed by atoms with van der Waals surface area (Å²) in [5.74, 6) is 0.272. The monoisotopic (exact) mass is 292 g/mol. The lowest BCUT2D eigenvalue weighted by atomic mass is 9.83. The molecule has 22 heavy (non-hydrogen) atoms. The van der Waals surface area contributed by atoms with E-state index in [9.17, 15) is 4.79 Å². The summed E-state index contributed by atoms with van der Waals surface area (Å²) in [7, 11) is 0. The smallest absolute Gasteiger partial charge is 0.189 e. The predicted molar refractivity (Wildman–Crippen MR) is 93.5 cm³/mol. The van der Waals surface area contributed by atoms with Crippen molar-refractivity contribution in [2.45, 2.75) is 52.4 Å². The Hall–Kier alpha value is -1.89. The summed E-state index contributed by atoms with van der Waals surface area (Å²) >= 11 is 0. The highest BCUT2D eigenvalue weighted by atomic mass is 16.1. The van der Waals surface area contributed by atoms with Gasteiger partial charge in [0.1, 0.15) is 0 Å². The normalized spacial score (nSPS) is 16.4. The summed E-state index contributed by atoms with van der Waals surface area (Å²) in [5, 5.41) is 0. The van der Waals surface area contributed by atoms with E-state index in [2.05, 4.69) is 44.2 Å². The van der Waals surface area contributed by atoms with E-state index in [1.165, 1.54) is 23.1 Å². The van der Waals surface area contributed by atoms with Crippen molar-refractivity contribution in [1.82, 2.24) is 0 Å². The Morgan fingerprint density at radius 2 is 1.59 bits per heavy atom. The summed E-state index contributed by atoms with van der Waals surface area (Å²) in [6, 6.07) is 8.34. The molecule has 2 aliphatic rings. The second-order valence-electron chi connectivity index (χ2n) is 6.24. The van der Waals surface area contributed by atoms with Crippen LogP contribution in [0.2, 0.25) is 0 Å². The van der Waals surface area contributed by atoms with Crippen LogP contribution in [0.1, 0.15) is 63.5 Å². The van der Waals surface area contributed by atoms with E-state index in [4.69, 9.17) is 0 Å². The van der Waals surface area contributed by atoms with Gasteiger partial charge in [-0.25, -0.2) is 0 Å². The van der Waals surface area contributed by atoms with Crippen molar-refractivity contribution in [1.29, 1.82) is 0 Å². The lowest BCUT2D eigenvalue weighted by Gasteiger charge is -2.20. The van der Waals surface area contributed by atoms with E-state index >= 15 is 0 Å². The zero-order valence-corrected chi connectivity index (χ0v) is 13.6. The van der Waals surface area contributed by atoms with Gasteiger partial charge in [-0.05, 0) is 60.1 Å². The first-order valence-electron chi connectivity index (χ1n) is 8.56. The maximum Gasteiger partial charge on any atom is 0.189 e. The first-order chi connectivity index (χ1) is 10.8. The Bertz CT molecular complexity index is 686. The van der Waals surface area contributed by atoms with Gasteiger partial charge in [-0.1, -0.05) is 51.0 Å². The number of benzene rings is 1. The van der Waals surface area contributed by atoms with Crippen LogP contribution in [-0.2, 0) is 4.79 Å². The number of fused-ring (bicyclic) bond motifs is 3. The van der Waals surface area contributed by atoms with E-state index < -0.39 is 0 Å². The van der Waals surface area contributed by atoms with Crippen LogP contribution in [0.3, 0.4) is 0 Å². The van der Waals surface area contributed by atoms with Crippen LogP contribution in [0.15, 0.2) is 47.1 Å². The lowest BCUT2D eigenvalue weighted by Crippen LogP contribution is -2.13. The summed E-state index contributed by atoms with van der Waals surface area (Å²) in [6.45, 7) is 4.39. The van der Waals surface area contributed by atoms with Gasteiger partial charge >= 0.3 is 0 Å². The summed E-state index contributed by atoms with van der Waals surface area (Å²) in [6.07, 6.45) is 10.9. The highest BCUT2D eigenvalue weighted by Gasteiger charge is 2.30. The van der Waals surface area contributed by atoms with Crippen LogP contribution in [0.25, 0.3) is 11.6 Å². The van der Waals surface area contributed by atoms with Gasteiger partial charge in [0.15, 0.2) is 5.78 Å². The minimum absolute atomic E-state index is 0.272. The predicted octanol–water partition coefficient (Wildman–Crippen LogP) is 5.73. The topological polar surface area (TPSA) is 17.1 Å². The molecule has 1 aromatic rings. The molecule has 0 atom stereocenters. The summed E-state index contributed by atoms with van der Waals surface area (Å²) in [5.41, 5.74) is 6.81. The second-order valence-corrected chi connectivity index (χ2v) is 6.24. The number of hydrogen-bond acceptors (Lipinski definition) is 1. The van der Waals surface area contributed by atoms with Gasteiger partial charge in [-0.15, -0.1) is 0 Å². The maximum atomic E-state index is 13.0. The molecule has 1 aromatic carbocycles. The van der Waals surface area contributed by atoms with Crippen molar-refractivity contribution in [3.8, 4) is 0 Å². The van der Waals surface area contributed by atoms with Crippen LogP contribution >= 0.6 is 0 Å². The van der Waals surface area contributed by atoms with Crippen molar-refractivity contribution >= 4 is 17.4 Å². The Labute approximate surface area is 133 Å². The molecular formula is C21H24O. The molecule has 0 amide bonds. The Morgan fingerprint density at radius 3 is 2.36 bits per heavy atom. The molecule has 0 unspecified atom stereocenters. The second kappa shape index (κ2) is 6.48. The number of rotatable bonds is 6. The quantitative estimate of drug-likeness (QED) is 0.654. The van der Waals surface area contributed by atoms with Gasteiger partial charge in [0, 0.05) is 11.1 Å².